The summed E-state index contributed by atoms with van der Waals surface area (Å²) in [5.41, 5.74) is 1.97. The van der Waals surface area contributed by atoms with E-state index >= 15 is 0 Å². The number of anilines is 1. The molecule has 1 aromatic heterocycles. The predicted molar refractivity (Wildman–Crippen MR) is 84.1 cm³/mol. The van der Waals surface area contributed by atoms with E-state index < -0.39 is 0 Å². The molecule has 0 saturated carbocycles. The fourth-order valence-electron chi connectivity index (χ4n) is 1.13. The third-order valence-corrected chi connectivity index (χ3v) is 1.89. The standard InChI is InChI=1S/C9H11NO.C4H3N2.C2H6.CH3.W/c1-7-5-3-4-6-9(7)10-8(2)11;1-2-5-4-6-3-1;1-2;;/h3-6H,1-2H3,(H,10,11);1-3H;1-2H3;1H3;/q;-1;;-1;+2. The number of benzene rings is 1. The molecule has 0 aliphatic rings. The first-order valence-electron chi connectivity index (χ1n) is 6.16. The summed E-state index contributed by atoms with van der Waals surface area (Å²) in [6.07, 6.45) is 5.66. The summed E-state index contributed by atoms with van der Waals surface area (Å²) in [5.74, 6) is -0.0284. The van der Waals surface area contributed by atoms with Crippen molar-refractivity contribution >= 4 is 11.6 Å². The van der Waals surface area contributed by atoms with Crippen LogP contribution in [-0.4, -0.2) is 15.9 Å². The minimum Gasteiger partial charge on any atom is -0.374 e. The molecule has 0 aliphatic heterocycles. The van der Waals surface area contributed by atoms with Gasteiger partial charge in [-0.1, -0.05) is 44.4 Å². The second-order valence-corrected chi connectivity index (χ2v) is 3.34. The number of carbonyl (C=O) groups excluding carboxylic acids is 1. The van der Waals surface area contributed by atoms with Crippen LogP contribution in [0.15, 0.2) is 42.7 Å². The van der Waals surface area contributed by atoms with Crippen LogP contribution in [0, 0.1) is 20.7 Å². The Morgan fingerprint density at radius 1 is 1.10 bits per heavy atom. The Bertz CT molecular complexity index is 437. The first kappa shape index (κ1) is 24.5. The molecule has 1 N–H and O–H groups in total. The SMILES string of the molecule is CC.CC(=O)Nc1ccccc1C.[CH3-].[W+2].[c-]1ncccn1. The maximum Gasteiger partial charge on any atom is 2.00 e. The van der Waals surface area contributed by atoms with Gasteiger partial charge >= 0.3 is 21.1 Å². The van der Waals surface area contributed by atoms with Gasteiger partial charge in [0, 0.05) is 18.9 Å². The van der Waals surface area contributed by atoms with Crippen molar-refractivity contribution in [1.29, 1.82) is 0 Å². The molecular weight excluding hydrogens is 434 g/mol. The van der Waals surface area contributed by atoms with Gasteiger partial charge in [0.1, 0.15) is 0 Å². The van der Waals surface area contributed by atoms with Crippen molar-refractivity contribution in [2.24, 2.45) is 0 Å². The van der Waals surface area contributed by atoms with Crippen LogP contribution in [-0.2, 0) is 25.9 Å². The zero-order chi connectivity index (χ0) is 14.5. The predicted octanol–water partition coefficient (Wildman–Crippen LogP) is 3.70. The minimum atomic E-state index is -0.0284. The van der Waals surface area contributed by atoms with Crippen LogP contribution in [0.1, 0.15) is 26.3 Å². The molecule has 0 radical (unpaired) electrons. The summed E-state index contributed by atoms with van der Waals surface area (Å²) in [5, 5.41) is 2.73. The number of rotatable bonds is 1. The van der Waals surface area contributed by atoms with E-state index in [1.54, 1.807) is 18.5 Å². The maximum atomic E-state index is 10.7. The number of nitrogens with one attached hydrogen (secondary N) is 1. The molecule has 0 unspecified atom stereocenters. The summed E-state index contributed by atoms with van der Waals surface area (Å²) in [7, 11) is 0. The summed E-state index contributed by atoms with van der Waals surface area (Å²) in [4.78, 5) is 17.8. The first-order chi connectivity index (χ1) is 9.20. The number of para-hydroxylation sites is 1. The third kappa shape index (κ3) is 13.2. The number of amides is 1. The van der Waals surface area contributed by atoms with E-state index in [1.807, 2.05) is 45.0 Å². The van der Waals surface area contributed by atoms with Crippen molar-refractivity contribution in [1.82, 2.24) is 9.97 Å². The van der Waals surface area contributed by atoms with E-state index in [-0.39, 0.29) is 34.4 Å². The molecule has 1 amide bonds. The van der Waals surface area contributed by atoms with E-state index in [4.69, 9.17) is 0 Å². The first-order valence-corrected chi connectivity index (χ1v) is 6.16. The Labute approximate surface area is 142 Å². The van der Waals surface area contributed by atoms with E-state index in [2.05, 4.69) is 21.6 Å². The van der Waals surface area contributed by atoms with Gasteiger partial charge in [-0.05, 0) is 18.6 Å². The average molecular weight is 457 g/mol. The van der Waals surface area contributed by atoms with Gasteiger partial charge in [-0.3, -0.25) is 4.79 Å². The Balaban J connectivity index is -0.000000279. The van der Waals surface area contributed by atoms with Crippen LogP contribution in [0.3, 0.4) is 0 Å². The van der Waals surface area contributed by atoms with Crippen molar-refractivity contribution in [3.05, 3.63) is 62.0 Å². The zero-order valence-electron chi connectivity index (χ0n) is 13.3. The second-order valence-electron chi connectivity index (χ2n) is 3.34. The van der Waals surface area contributed by atoms with Crippen LogP contribution >= 0.6 is 0 Å². The second kappa shape index (κ2) is 16.5. The van der Waals surface area contributed by atoms with E-state index in [0.717, 1.165) is 11.3 Å². The van der Waals surface area contributed by atoms with Crippen LogP contribution < -0.4 is 5.32 Å². The van der Waals surface area contributed by atoms with Crippen LogP contribution in [0.2, 0.25) is 0 Å². The summed E-state index contributed by atoms with van der Waals surface area (Å²) in [6, 6.07) is 9.44. The van der Waals surface area contributed by atoms with Crippen LogP contribution in [0.4, 0.5) is 5.69 Å². The number of hydrogen-bond acceptors (Lipinski definition) is 3. The number of carbonyl (C=O) groups is 1. The Kier molecular flexibility index (Phi) is 19.2. The van der Waals surface area contributed by atoms with Gasteiger partial charge in [0.2, 0.25) is 5.91 Å². The van der Waals surface area contributed by atoms with E-state index in [9.17, 15) is 4.79 Å². The fourth-order valence-corrected chi connectivity index (χ4v) is 1.13. The van der Waals surface area contributed by atoms with Gasteiger partial charge in [0.05, 0.1) is 0 Å². The molecule has 1 aromatic carbocycles. The van der Waals surface area contributed by atoms with Gasteiger partial charge < -0.3 is 22.7 Å². The number of aryl methyl sites for hydroxylation is 1. The van der Waals surface area contributed by atoms with Crippen molar-refractivity contribution in [2.75, 3.05) is 5.32 Å². The monoisotopic (exact) mass is 457 g/mol. The van der Waals surface area contributed by atoms with Crippen molar-refractivity contribution in [3.8, 4) is 0 Å². The normalized spacial score (nSPS) is 7.43. The Hall–Kier alpha value is -1.54. The molecular formula is C16H23N3OW. The number of nitrogens with zero attached hydrogens (tertiary/aromatic N) is 2. The molecule has 114 valence electrons. The molecule has 21 heavy (non-hydrogen) atoms. The molecule has 0 fully saturated rings. The largest absolute Gasteiger partial charge is 2.00 e. The summed E-state index contributed by atoms with van der Waals surface area (Å²) < 4.78 is 0. The minimum absolute atomic E-state index is 0. The third-order valence-electron chi connectivity index (χ3n) is 1.89. The quantitative estimate of drug-likeness (QED) is 0.665. The van der Waals surface area contributed by atoms with Crippen molar-refractivity contribution in [3.63, 3.8) is 0 Å². The summed E-state index contributed by atoms with van der Waals surface area (Å²) in [6.45, 7) is 7.47. The van der Waals surface area contributed by atoms with Crippen LogP contribution in [0.25, 0.3) is 0 Å². The topological polar surface area (TPSA) is 54.9 Å². The van der Waals surface area contributed by atoms with Gasteiger partial charge in [-0.15, -0.1) is 6.07 Å². The Morgan fingerprint density at radius 3 is 1.95 bits per heavy atom. The zero-order valence-corrected chi connectivity index (χ0v) is 16.2. The number of aromatic nitrogens is 2. The molecule has 0 saturated heterocycles. The summed E-state index contributed by atoms with van der Waals surface area (Å²) >= 11 is 0. The molecule has 2 rings (SSSR count). The van der Waals surface area contributed by atoms with Crippen molar-refractivity contribution in [2.45, 2.75) is 27.7 Å². The smallest absolute Gasteiger partial charge is 0.374 e. The Morgan fingerprint density at radius 2 is 1.62 bits per heavy atom. The van der Waals surface area contributed by atoms with Gasteiger partial charge in [0.25, 0.3) is 0 Å². The van der Waals surface area contributed by atoms with E-state index in [0.29, 0.717) is 0 Å². The van der Waals surface area contributed by atoms with Gasteiger partial charge in [-0.25, -0.2) is 0 Å². The molecule has 0 atom stereocenters. The molecule has 0 aliphatic carbocycles. The van der Waals surface area contributed by atoms with Crippen LogP contribution in [0.5, 0.6) is 0 Å². The fraction of sp³-hybridized carbons (Fsp3) is 0.250. The molecule has 2 aromatic rings. The number of hydrogen-bond donors (Lipinski definition) is 1. The van der Waals surface area contributed by atoms with E-state index in [1.165, 1.54) is 6.92 Å². The molecule has 1 heterocycles. The maximum absolute atomic E-state index is 10.7. The molecule has 4 nitrogen and oxygen atoms in total. The molecule has 5 heteroatoms. The molecule has 0 bridgehead atoms. The van der Waals surface area contributed by atoms with Crippen molar-refractivity contribution < 1.29 is 25.9 Å². The van der Waals surface area contributed by atoms with Gasteiger partial charge in [-0.2, -0.15) is 0 Å². The van der Waals surface area contributed by atoms with Gasteiger partial charge in [0.15, 0.2) is 0 Å². The molecule has 0 spiro atoms. The average Bonchev–Trinajstić information content (AvgIpc) is 2.46.